The molecule has 0 saturated carbocycles. The maximum Gasteiger partial charge on any atom is 1.00 e. The molecule has 0 bridgehead atoms. The summed E-state index contributed by atoms with van der Waals surface area (Å²) in [6.07, 6.45) is -7.77. The third kappa shape index (κ3) is 4.99. The Bertz CT molecular complexity index is 1070. The number of benzene rings is 1. The Labute approximate surface area is 205 Å². The summed E-state index contributed by atoms with van der Waals surface area (Å²) >= 11 is 0. The molecule has 0 unspecified atom stereocenters. The number of alkyl halides is 15. The van der Waals surface area contributed by atoms with Crippen LogP contribution in [0.1, 0.15) is 10.4 Å². The molecule has 1 aromatic rings. The van der Waals surface area contributed by atoms with E-state index in [1.807, 2.05) is 0 Å². The van der Waals surface area contributed by atoms with Crippen molar-refractivity contribution in [3.8, 4) is 0 Å². The van der Waals surface area contributed by atoms with Crippen molar-refractivity contribution in [2.75, 3.05) is 0 Å². The number of carbonyl (C=O) groups excluding carboxylic acids is 1. The van der Waals surface area contributed by atoms with Gasteiger partial charge in [0.05, 0.1) is 4.90 Å². The van der Waals surface area contributed by atoms with Crippen LogP contribution in [0.4, 0.5) is 65.9 Å². The number of Topliss-reactive ketones (excluding diaryl/α,β-unsaturated/α-hetero) is 1. The smallest absolute Gasteiger partial charge is 0.744 e. The fourth-order valence-corrected chi connectivity index (χ4v) is 2.60. The third-order valence-electron chi connectivity index (χ3n) is 4.00. The second-order valence-corrected chi connectivity index (χ2v) is 7.63. The molecule has 0 saturated heterocycles. The van der Waals surface area contributed by atoms with Crippen LogP contribution in [0, 0.1) is 0 Å². The zero-order valence-electron chi connectivity index (χ0n) is 16.0. The molecule has 1 aromatic carbocycles. The van der Waals surface area contributed by atoms with Crippen LogP contribution in [-0.2, 0) is 10.1 Å². The molecular formula is C14H4F15NaO4S. The summed E-state index contributed by atoms with van der Waals surface area (Å²) < 4.78 is 229. The van der Waals surface area contributed by atoms with Gasteiger partial charge in [-0.1, -0.05) is 12.1 Å². The maximum atomic E-state index is 13.9. The van der Waals surface area contributed by atoms with Gasteiger partial charge in [-0.05, 0) is 12.1 Å². The number of hydrogen-bond acceptors (Lipinski definition) is 4. The van der Waals surface area contributed by atoms with Gasteiger partial charge < -0.3 is 4.55 Å². The Morgan fingerprint density at radius 3 is 1.40 bits per heavy atom. The van der Waals surface area contributed by atoms with Crippen molar-refractivity contribution in [1.29, 1.82) is 0 Å². The average molecular weight is 576 g/mol. The molecule has 35 heavy (non-hydrogen) atoms. The van der Waals surface area contributed by atoms with Crippen LogP contribution in [-0.4, -0.2) is 60.5 Å². The topological polar surface area (TPSA) is 74.3 Å². The molecule has 4 nitrogen and oxygen atoms in total. The second kappa shape index (κ2) is 9.25. The number of halogens is 15. The van der Waals surface area contributed by atoms with E-state index in [2.05, 4.69) is 0 Å². The van der Waals surface area contributed by atoms with E-state index in [9.17, 15) is 83.6 Å². The molecule has 0 aliphatic heterocycles. The van der Waals surface area contributed by atoms with Crippen LogP contribution >= 0.6 is 0 Å². The van der Waals surface area contributed by atoms with Gasteiger partial charge in [0.25, 0.3) is 0 Å². The van der Waals surface area contributed by atoms with Crippen molar-refractivity contribution < 1.29 is 113 Å². The normalized spacial score (nSPS) is 15.0. The monoisotopic (exact) mass is 576 g/mol. The van der Waals surface area contributed by atoms with Gasteiger partial charge in [0.2, 0.25) is 5.78 Å². The Morgan fingerprint density at radius 1 is 0.657 bits per heavy atom. The van der Waals surface area contributed by atoms with Gasteiger partial charge in [0, 0.05) is 5.56 Å². The molecule has 0 N–H and O–H groups in total. The van der Waals surface area contributed by atoms with E-state index in [4.69, 9.17) is 0 Å². The largest absolute Gasteiger partial charge is 1.00 e. The number of hydrogen-bond donors (Lipinski definition) is 0. The Balaban J connectivity index is 0.0000116. The molecule has 21 heteroatoms. The zero-order chi connectivity index (χ0) is 27.6. The quantitative estimate of drug-likeness (QED) is 0.206. The van der Waals surface area contributed by atoms with E-state index < -0.39 is 74.1 Å². The van der Waals surface area contributed by atoms with E-state index in [0.29, 0.717) is 0 Å². The third-order valence-corrected chi connectivity index (χ3v) is 4.83. The van der Waals surface area contributed by atoms with Gasteiger partial charge in [0.1, 0.15) is 10.1 Å². The zero-order valence-corrected chi connectivity index (χ0v) is 18.8. The summed E-state index contributed by atoms with van der Waals surface area (Å²) in [7, 11) is -5.63. The Kier molecular flexibility index (Phi) is 8.92. The van der Waals surface area contributed by atoms with Crippen molar-refractivity contribution in [1.82, 2.24) is 0 Å². The molecule has 0 aliphatic rings. The summed E-state index contributed by atoms with van der Waals surface area (Å²) in [5.74, 6) is -52.8. The van der Waals surface area contributed by atoms with Crippen LogP contribution in [0.25, 0.3) is 0 Å². The van der Waals surface area contributed by atoms with Gasteiger partial charge in [0.15, 0.2) is 0 Å². The van der Waals surface area contributed by atoms with Crippen molar-refractivity contribution >= 4 is 15.9 Å². The van der Waals surface area contributed by atoms with Crippen LogP contribution in [0.2, 0.25) is 0 Å². The van der Waals surface area contributed by atoms with Crippen molar-refractivity contribution in [3.05, 3.63) is 29.8 Å². The SMILES string of the molecule is O=C(c1cccc(S(=O)(=O)[O-])c1)C(F)(F)C(F)(F)C(F)(F)C(F)(F)C(F)(F)C(F)(F)C(F)(F)F.[Na+]. The maximum absolute atomic E-state index is 13.9. The van der Waals surface area contributed by atoms with Gasteiger partial charge in [-0.2, -0.15) is 65.9 Å². The predicted molar refractivity (Wildman–Crippen MR) is 74.5 cm³/mol. The van der Waals surface area contributed by atoms with Gasteiger partial charge in [-0.15, -0.1) is 0 Å². The van der Waals surface area contributed by atoms with Crippen molar-refractivity contribution in [2.24, 2.45) is 0 Å². The first kappa shape index (κ1) is 33.8. The van der Waals surface area contributed by atoms with Crippen LogP contribution in [0.15, 0.2) is 29.2 Å². The Morgan fingerprint density at radius 2 is 1.03 bits per heavy atom. The molecule has 0 atom stereocenters. The fourth-order valence-electron chi connectivity index (χ4n) is 2.08. The van der Waals surface area contributed by atoms with Gasteiger partial charge >= 0.3 is 71.3 Å². The molecule has 0 spiro atoms. The number of carbonyl (C=O) groups is 1. The van der Waals surface area contributed by atoms with Crippen LogP contribution in [0.5, 0.6) is 0 Å². The summed E-state index contributed by atoms with van der Waals surface area (Å²) in [5, 5.41) is 0. The molecule has 0 fully saturated rings. The van der Waals surface area contributed by atoms with E-state index in [0.717, 1.165) is 0 Å². The molecule has 0 heterocycles. The van der Waals surface area contributed by atoms with Crippen LogP contribution < -0.4 is 29.6 Å². The first-order valence-electron chi connectivity index (χ1n) is 7.56. The van der Waals surface area contributed by atoms with Crippen molar-refractivity contribution in [2.45, 2.75) is 46.6 Å². The number of ketones is 1. The molecule has 0 aromatic heterocycles. The van der Waals surface area contributed by atoms with E-state index in [-0.39, 0.29) is 47.8 Å². The minimum absolute atomic E-state index is 0. The summed E-state index contributed by atoms with van der Waals surface area (Å²) in [5.41, 5.74) is -2.08. The summed E-state index contributed by atoms with van der Waals surface area (Å²) in [6, 6.07) is -0.0595. The average Bonchev–Trinajstić information content (AvgIpc) is 2.65. The standard InChI is InChI=1S/C14H5F15O4S.Na/c15-8(16,7(30)5-2-1-3-6(4-5)34(31,32)33)9(17,18)10(19,20)11(21,22)12(23,24)13(25,26)14(27,28)29;/h1-4H,(H,31,32,33);/q;+1/p-1. The molecule has 1 rings (SSSR count). The Hall–Kier alpha value is -1.25. The van der Waals surface area contributed by atoms with E-state index >= 15 is 0 Å². The molecule has 196 valence electrons. The predicted octanol–water partition coefficient (Wildman–Crippen LogP) is 2.15. The minimum atomic E-state index is -8.58. The fraction of sp³-hybridized carbons (Fsp3) is 0.500. The van der Waals surface area contributed by atoms with Gasteiger partial charge in [-0.3, -0.25) is 4.79 Å². The van der Waals surface area contributed by atoms with Crippen molar-refractivity contribution in [3.63, 3.8) is 0 Å². The van der Waals surface area contributed by atoms with Crippen LogP contribution in [0.3, 0.4) is 0 Å². The first-order valence-corrected chi connectivity index (χ1v) is 8.97. The molecule has 0 aliphatic carbocycles. The summed E-state index contributed by atoms with van der Waals surface area (Å²) in [6.45, 7) is 0. The molecule has 0 radical (unpaired) electrons. The molecular weight excluding hydrogens is 572 g/mol. The van der Waals surface area contributed by atoms with E-state index in [1.54, 1.807) is 0 Å². The van der Waals surface area contributed by atoms with Gasteiger partial charge in [-0.25, -0.2) is 8.42 Å². The van der Waals surface area contributed by atoms with E-state index in [1.165, 1.54) is 0 Å². The second-order valence-electron chi connectivity index (χ2n) is 6.26. The first-order chi connectivity index (χ1) is 14.6. The summed E-state index contributed by atoms with van der Waals surface area (Å²) in [4.78, 5) is 9.92. The molecule has 0 amide bonds. The minimum Gasteiger partial charge on any atom is -0.744 e. The number of rotatable bonds is 8.